The Morgan fingerprint density at radius 2 is 2.16 bits per heavy atom. The van der Waals surface area contributed by atoms with Crippen molar-refractivity contribution in [2.45, 2.75) is 22.5 Å². The lowest BCUT2D eigenvalue weighted by Crippen LogP contribution is -2.12. The van der Waals surface area contributed by atoms with Gasteiger partial charge in [0.1, 0.15) is 5.03 Å². The third-order valence-electron chi connectivity index (χ3n) is 1.93. The number of hydrogen-bond acceptors (Lipinski definition) is 6. The van der Waals surface area contributed by atoms with E-state index in [1.54, 1.807) is 18.5 Å². The van der Waals surface area contributed by atoms with Crippen LogP contribution in [-0.2, 0) is 6.18 Å². The summed E-state index contributed by atoms with van der Waals surface area (Å²) in [6, 6.07) is 0.924. The van der Waals surface area contributed by atoms with Crippen LogP contribution in [0.3, 0.4) is 0 Å². The van der Waals surface area contributed by atoms with Crippen molar-refractivity contribution in [2.24, 2.45) is 0 Å². The van der Waals surface area contributed by atoms with Gasteiger partial charge < -0.3 is 5.32 Å². The van der Waals surface area contributed by atoms with Gasteiger partial charge in [-0.2, -0.15) is 13.2 Å². The van der Waals surface area contributed by atoms with Crippen LogP contribution in [0.4, 0.5) is 19.1 Å². The number of nitrogens with zero attached hydrogens (tertiary/aromatic N) is 3. The van der Waals surface area contributed by atoms with Crippen molar-refractivity contribution < 1.29 is 13.2 Å². The average Bonchev–Trinajstić information content (AvgIpc) is 2.81. The molecule has 2 aromatic heterocycles. The van der Waals surface area contributed by atoms with Gasteiger partial charge in [-0.05, 0) is 18.7 Å². The number of anilines is 1. The van der Waals surface area contributed by atoms with E-state index in [2.05, 4.69) is 20.3 Å². The van der Waals surface area contributed by atoms with Crippen LogP contribution in [0.5, 0.6) is 0 Å². The van der Waals surface area contributed by atoms with Crippen molar-refractivity contribution in [2.75, 3.05) is 11.9 Å². The van der Waals surface area contributed by atoms with Crippen LogP contribution in [0.15, 0.2) is 27.0 Å². The molecule has 2 aromatic rings. The highest BCUT2D eigenvalue weighted by Crippen LogP contribution is 2.33. The summed E-state index contributed by atoms with van der Waals surface area (Å²) in [4.78, 5) is 11.5. The minimum atomic E-state index is -4.49. The quantitative estimate of drug-likeness (QED) is 0.876. The fourth-order valence-electron chi connectivity index (χ4n) is 1.21. The number of rotatable bonds is 4. The maximum Gasteiger partial charge on any atom is 0.433 e. The molecule has 0 amide bonds. The van der Waals surface area contributed by atoms with Crippen LogP contribution in [0.1, 0.15) is 12.6 Å². The van der Waals surface area contributed by atoms with Crippen molar-refractivity contribution in [1.29, 1.82) is 0 Å². The van der Waals surface area contributed by atoms with Gasteiger partial charge in [0.15, 0.2) is 10.0 Å². The summed E-state index contributed by atoms with van der Waals surface area (Å²) in [5.41, 5.74) is -0.961. The fraction of sp³-hybridized carbons (Fsp3) is 0.300. The predicted octanol–water partition coefficient (Wildman–Crippen LogP) is 3.53. The molecule has 0 bridgehead atoms. The molecular formula is C10H9F3N4S2. The van der Waals surface area contributed by atoms with Crippen LogP contribution in [0.25, 0.3) is 0 Å². The molecule has 0 aliphatic carbocycles. The summed E-state index contributed by atoms with van der Waals surface area (Å²) >= 11 is 2.42. The number of thiazole rings is 1. The van der Waals surface area contributed by atoms with E-state index in [0.29, 0.717) is 10.9 Å². The van der Waals surface area contributed by atoms with Gasteiger partial charge in [-0.1, -0.05) is 0 Å². The minimum absolute atomic E-state index is 0.0311. The Morgan fingerprint density at radius 3 is 2.74 bits per heavy atom. The first-order valence-electron chi connectivity index (χ1n) is 5.26. The van der Waals surface area contributed by atoms with Crippen LogP contribution in [0, 0.1) is 0 Å². The molecule has 1 N–H and O–H groups in total. The summed E-state index contributed by atoms with van der Waals surface area (Å²) < 4.78 is 38.8. The average molecular weight is 306 g/mol. The van der Waals surface area contributed by atoms with E-state index in [1.807, 2.05) is 0 Å². The van der Waals surface area contributed by atoms with Gasteiger partial charge >= 0.3 is 6.18 Å². The number of nitrogens with one attached hydrogen (secondary N) is 1. The monoisotopic (exact) mass is 306 g/mol. The molecule has 0 unspecified atom stereocenters. The maximum absolute atomic E-state index is 12.7. The molecule has 19 heavy (non-hydrogen) atoms. The molecule has 0 saturated heterocycles. The molecular weight excluding hydrogens is 297 g/mol. The van der Waals surface area contributed by atoms with Gasteiger partial charge in [-0.3, -0.25) is 0 Å². The van der Waals surface area contributed by atoms with Gasteiger partial charge in [-0.15, -0.1) is 11.3 Å². The maximum atomic E-state index is 12.7. The molecule has 2 heterocycles. The van der Waals surface area contributed by atoms with Gasteiger partial charge in [0.05, 0.1) is 0 Å². The van der Waals surface area contributed by atoms with E-state index in [4.69, 9.17) is 0 Å². The molecule has 0 spiro atoms. The van der Waals surface area contributed by atoms with Gasteiger partial charge in [-0.25, -0.2) is 15.0 Å². The molecule has 0 aliphatic rings. The van der Waals surface area contributed by atoms with Crippen molar-refractivity contribution >= 4 is 29.0 Å². The van der Waals surface area contributed by atoms with E-state index >= 15 is 0 Å². The predicted molar refractivity (Wildman–Crippen MR) is 67.4 cm³/mol. The lowest BCUT2D eigenvalue weighted by Gasteiger charge is -2.09. The molecule has 0 fully saturated rings. The Morgan fingerprint density at radius 1 is 1.37 bits per heavy atom. The second-order valence-corrected chi connectivity index (χ2v) is 5.51. The smallest absolute Gasteiger partial charge is 0.354 e. The van der Waals surface area contributed by atoms with Crippen LogP contribution < -0.4 is 5.32 Å². The molecule has 0 aliphatic heterocycles. The first-order valence-corrected chi connectivity index (χ1v) is 6.96. The van der Waals surface area contributed by atoms with Crippen LogP contribution in [-0.4, -0.2) is 21.5 Å². The number of alkyl halides is 3. The fourth-order valence-corrected chi connectivity index (χ4v) is 2.78. The van der Waals surface area contributed by atoms with E-state index in [0.717, 1.165) is 17.8 Å². The summed E-state index contributed by atoms with van der Waals surface area (Å²) in [6.07, 6.45) is -2.91. The van der Waals surface area contributed by atoms with Crippen molar-refractivity contribution in [3.63, 3.8) is 0 Å². The standard InChI is InChI=1S/C10H9F3N4S2/c1-2-14-8-16-6(10(11,12)13)5-7(17-8)19-9-15-3-4-18-9/h3-5H,2H2,1H3,(H,14,16,17). The third kappa shape index (κ3) is 3.80. The Labute approximate surface area is 115 Å². The molecule has 102 valence electrons. The van der Waals surface area contributed by atoms with Crippen LogP contribution >= 0.6 is 23.1 Å². The lowest BCUT2D eigenvalue weighted by atomic mass is 10.4. The number of hydrogen-bond donors (Lipinski definition) is 1. The van der Waals surface area contributed by atoms with E-state index in [-0.39, 0.29) is 11.0 Å². The topological polar surface area (TPSA) is 50.7 Å². The Hall–Kier alpha value is -1.35. The lowest BCUT2D eigenvalue weighted by molar-refractivity contribution is -0.141. The first kappa shape index (κ1) is 14.1. The van der Waals surface area contributed by atoms with Gasteiger partial charge in [0.25, 0.3) is 0 Å². The van der Waals surface area contributed by atoms with Gasteiger partial charge in [0, 0.05) is 24.2 Å². The first-order chi connectivity index (χ1) is 8.99. The molecule has 9 heteroatoms. The minimum Gasteiger partial charge on any atom is -0.354 e. The summed E-state index contributed by atoms with van der Waals surface area (Å²) in [7, 11) is 0. The van der Waals surface area contributed by atoms with Crippen molar-refractivity contribution in [1.82, 2.24) is 15.0 Å². The Bertz CT molecular complexity index is 542. The Kier molecular flexibility index (Phi) is 4.25. The van der Waals surface area contributed by atoms with E-state index in [9.17, 15) is 13.2 Å². The largest absolute Gasteiger partial charge is 0.433 e. The number of aromatic nitrogens is 3. The second-order valence-electron chi connectivity index (χ2n) is 3.34. The normalized spacial score (nSPS) is 11.6. The van der Waals surface area contributed by atoms with Crippen LogP contribution in [0.2, 0.25) is 0 Å². The van der Waals surface area contributed by atoms with Crippen molar-refractivity contribution in [3.8, 4) is 0 Å². The second kappa shape index (κ2) is 5.74. The molecule has 0 radical (unpaired) electrons. The molecule has 2 rings (SSSR count). The third-order valence-corrected chi connectivity index (χ3v) is 3.73. The van der Waals surface area contributed by atoms with E-state index < -0.39 is 11.9 Å². The highest BCUT2D eigenvalue weighted by Gasteiger charge is 2.33. The molecule has 0 aromatic carbocycles. The molecule has 0 saturated carbocycles. The highest BCUT2D eigenvalue weighted by molar-refractivity contribution is 8.01. The number of halogens is 3. The zero-order valence-corrected chi connectivity index (χ0v) is 11.4. The Balaban J connectivity index is 2.34. The molecule has 0 atom stereocenters. The highest BCUT2D eigenvalue weighted by atomic mass is 32.2. The summed E-state index contributed by atoms with van der Waals surface area (Å²) in [6.45, 7) is 2.21. The van der Waals surface area contributed by atoms with E-state index in [1.165, 1.54) is 11.3 Å². The van der Waals surface area contributed by atoms with Gasteiger partial charge in [0.2, 0.25) is 5.95 Å². The van der Waals surface area contributed by atoms with Crippen molar-refractivity contribution in [3.05, 3.63) is 23.3 Å². The summed E-state index contributed by atoms with van der Waals surface area (Å²) in [5.74, 6) is -0.0311. The zero-order valence-electron chi connectivity index (χ0n) is 9.73. The zero-order chi connectivity index (χ0) is 13.9. The summed E-state index contributed by atoms with van der Waals surface area (Å²) in [5, 5.41) is 4.65. The SMILES string of the molecule is CCNc1nc(Sc2nccs2)cc(C(F)(F)F)n1. The molecule has 4 nitrogen and oxygen atoms in total.